The fourth-order valence-electron chi connectivity index (χ4n) is 1.95. The highest BCUT2D eigenvalue weighted by Crippen LogP contribution is 2.33. The zero-order valence-electron chi connectivity index (χ0n) is 11.7. The van der Waals surface area contributed by atoms with Crippen molar-refractivity contribution in [1.82, 2.24) is 10.2 Å². The van der Waals surface area contributed by atoms with Gasteiger partial charge in [0.2, 0.25) is 0 Å². The first kappa shape index (κ1) is 17.0. The SMILES string of the molecule is CCN(CC)CC(C)NCc1cc(Br)c(O)c(Br)c1. The van der Waals surface area contributed by atoms with Crippen LogP contribution in [0, 0.1) is 0 Å². The van der Waals surface area contributed by atoms with Crippen LogP contribution in [0.3, 0.4) is 0 Å². The maximum Gasteiger partial charge on any atom is 0.143 e. The molecule has 108 valence electrons. The maximum atomic E-state index is 9.67. The van der Waals surface area contributed by atoms with Gasteiger partial charge in [-0.25, -0.2) is 0 Å². The average Bonchev–Trinajstić information content (AvgIpc) is 2.39. The largest absolute Gasteiger partial charge is 0.506 e. The van der Waals surface area contributed by atoms with Crippen molar-refractivity contribution in [2.75, 3.05) is 19.6 Å². The number of hydrogen-bond donors (Lipinski definition) is 2. The molecule has 1 rings (SSSR count). The Kier molecular flexibility index (Phi) is 7.36. The van der Waals surface area contributed by atoms with Gasteiger partial charge in [-0.1, -0.05) is 13.8 Å². The highest BCUT2D eigenvalue weighted by molar-refractivity contribution is 9.11. The van der Waals surface area contributed by atoms with Crippen LogP contribution < -0.4 is 5.32 Å². The third-order valence-corrected chi connectivity index (χ3v) is 4.37. The van der Waals surface area contributed by atoms with Gasteiger partial charge in [0.05, 0.1) is 8.95 Å². The number of benzene rings is 1. The van der Waals surface area contributed by atoms with Crippen LogP contribution >= 0.6 is 31.9 Å². The Labute approximate surface area is 132 Å². The minimum Gasteiger partial charge on any atom is -0.506 e. The lowest BCUT2D eigenvalue weighted by molar-refractivity contribution is 0.270. The first-order valence-corrected chi connectivity index (χ1v) is 8.19. The highest BCUT2D eigenvalue weighted by atomic mass is 79.9. The molecule has 1 unspecified atom stereocenters. The van der Waals surface area contributed by atoms with Crippen LogP contribution in [-0.4, -0.2) is 35.7 Å². The van der Waals surface area contributed by atoms with E-state index in [2.05, 4.69) is 62.8 Å². The fraction of sp³-hybridized carbons (Fsp3) is 0.571. The van der Waals surface area contributed by atoms with E-state index in [4.69, 9.17) is 0 Å². The van der Waals surface area contributed by atoms with Crippen LogP contribution in [0.1, 0.15) is 26.3 Å². The second-order valence-corrected chi connectivity index (χ2v) is 6.38. The van der Waals surface area contributed by atoms with Crippen molar-refractivity contribution in [3.05, 3.63) is 26.6 Å². The molecule has 0 aliphatic carbocycles. The molecule has 0 aromatic heterocycles. The summed E-state index contributed by atoms with van der Waals surface area (Å²) in [5.74, 6) is 0.250. The van der Waals surface area contributed by atoms with Gasteiger partial charge in [-0.15, -0.1) is 0 Å². The Morgan fingerprint density at radius 2 is 1.74 bits per heavy atom. The van der Waals surface area contributed by atoms with Crippen LogP contribution in [0.2, 0.25) is 0 Å². The molecule has 0 amide bonds. The molecule has 0 aliphatic heterocycles. The minimum atomic E-state index is 0.250. The van der Waals surface area contributed by atoms with Gasteiger partial charge >= 0.3 is 0 Å². The molecular formula is C14H22Br2N2O. The highest BCUT2D eigenvalue weighted by Gasteiger charge is 2.09. The van der Waals surface area contributed by atoms with Crippen LogP contribution in [0.15, 0.2) is 21.1 Å². The lowest BCUT2D eigenvalue weighted by Gasteiger charge is -2.23. The zero-order chi connectivity index (χ0) is 14.4. The third kappa shape index (κ3) is 5.42. The standard InChI is InChI=1S/C14H22Br2N2O/c1-4-18(5-2)9-10(3)17-8-11-6-12(15)14(19)13(16)7-11/h6-7,10,17,19H,4-5,8-9H2,1-3H3. The van der Waals surface area contributed by atoms with Crippen LogP contribution in [0.25, 0.3) is 0 Å². The molecule has 0 radical (unpaired) electrons. The van der Waals surface area contributed by atoms with Crippen molar-refractivity contribution < 1.29 is 5.11 Å². The number of rotatable bonds is 7. The first-order chi connectivity index (χ1) is 8.97. The molecule has 1 atom stereocenters. The Hall–Kier alpha value is -0.100. The van der Waals surface area contributed by atoms with E-state index in [1.54, 1.807) is 0 Å². The van der Waals surface area contributed by atoms with E-state index < -0.39 is 0 Å². The molecule has 0 spiro atoms. The van der Waals surface area contributed by atoms with Gasteiger partial charge in [-0.3, -0.25) is 0 Å². The number of nitrogens with one attached hydrogen (secondary N) is 1. The Balaban J connectivity index is 2.52. The second kappa shape index (κ2) is 8.25. The van der Waals surface area contributed by atoms with E-state index in [-0.39, 0.29) is 5.75 Å². The Morgan fingerprint density at radius 3 is 2.21 bits per heavy atom. The number of nitrogens with zero attached hydrogens (tertiary/aromatic N) is 1. The predicted molar refractivity (Wildman–Crippen MR) is 87.6 cm³/mol. The van der Waals surface area contributed by atoms with E-state index in [1.807, 2.05) is 12.1 Å². The summed E-state index contributed by atoms with van der Waals surface area (Å²) < 4.78 is 1.44. The Morgan fingerprint density at radius 1 is 1.21 bits per heavy atom. The summed E-state index contributed by atoms with van der Waals surface area (Å²) in [7, 11) is 0. The van der Waals surface area contributed by atoms with Crippen molar-refractivity contribution >= 4 is 31.9 Å². The van der Waals surface area contributed by atoms with Gasteiger partial charge in [-0.05, 0) is 69.6 Å². The summed E-state index contributed by atoms with van der Waals surface area (Å²) in [6.07, 6.45) is 0. The summed E-state index contributed by atoms with van der Waals surface area (Å²) in [6.45, 7) is 10.6. The molecule has 1 aromatic rings. The van der Waals surface area contributed by atoms with Gasteiger partial charge in [0.1, 0.15) is 5.75 Å². The number of phenols is 1. The van der Waals surface area contributed by atoms with E-state index in [0.717, 1.165) is 40.7 Å². The molecular weight excluding hydrogens is 372 g/mol. The van der Waals surface area contributed by atoms with E-state index >= 15 is 0 Å². The summed E-state index contributed by atoms with van der Waals surface area (Å²) in [5, 5.41) is 13.2. The molecule has 5 heteroatoms. The quantitative estimate of drug-likeness (QED) is 0.740. The van der Waals surface area contributed by atoms with Crippen molar-refractivity contribution in [2.24, 2.45) is 0 Å². The van der Waals surface area contributed by atoms with E-state index in [0.29, 0.717) is 6.04 Å². The molecule has 2 N–H and O–H groups in total. The van der Waals surface area contributed by atoms with E-state index in [1.165, 1.54) is 0 Å². The van der Waals surface area contributed by atoms with E-state index in [9.17, 15) is 5.11 Å². The van der Waals surface area contributed by atoms with Crippen LogP contribution in [0.5, 0.6) is 5.75 Å². The summed E-state index contributed by atoms with van der Waals surface area (Å²) >= 11 is 6.70. The summed E-state index contributed by atoms with van der Waals surface area (Å²) in [4.78, 5) is 2.40. The van der Waals surface area contributed by atoms with Crippen molar-refractivity contribution in [1.29, 1.82) is 0 Å². The molecule has 0 fully saturated rings. The third-order valence-electron chi connectivity index (χ3n) is 3.16. The topological polar surface area (TPSA) is 35.5 Å². The molecule has 1 aromatic carbocycles. The van der Waals surface area contributed by atoms with Gasteiger partial charge in [0.25, 0.3) is 0 Å². The second-order valence-electron chi connectivity index (χ2n) is 4.68. The lowest BCUT2D eigenvalue weighted by atomic mass is 10.2. The molecule has 0 saturated heterocycles. The van der Waals surface area contributed by atoms with Crippen LogP contribution in [0.4, 0.5) is 0 Å². The fourth-order valence-corrected chi connectivity index (χ4v) is 3.23. The minimum absolute atomic E-state index is 0.250. The monoisotopic (exact) mass is 392 g/mol. The Bertz CT molecular complexity index is 385. The zero-order valence-corrected chi connectivity index (χ0v) is 14.9. The van der Waals surface area contributed by atoms with Gasteiger partial charge in [0.15, 0.2) is 0 Å². The van der Waals surface area contributed by atoms with Crippen molar-refractivity contribution in [3.63, 3.8) is 0 Å². The first-order valence-electron chi connectivity index (χ1n) is 6.60. The molecule has 0 bridgehead atoms. The van der Waals surface area contributed by atoms with Crippen molar-refractivity contribution in [2.45, 2.75) is 33.4 Å². The molecule has 0 aliphatic rings. The normalized spacial score (nSPS) is 12.9. The molecule has 0 heterocycles. The lowest BCUT2D eigenvalue weighted by Crippen LogP contribution is -2.38. The number of phenolic OH excluding ortho intramolecular Hbond substituents is 1. The smallest absolute Gasteiger partial charge is 0.143 e. The number of likely N-dealkylation sites (N-methyl/N-ethyl adjacent to an activating group) is 1. The molecule has 19 heavy (non-hydrogen) atoms. The molecule has 3 nitrogen and oxygen atoms in total. The van der Waals surface area contributed by atoms with Gasteiger partial charge in [0, 0.05) is 19.1 Å². The number of aromatic hydroxyl groups is 1. The molecule has 0 saturated carbocycles. The van der Waals surface area contributed by atoms with Crippen molar-refractivity contribution in [3.8, 4) is 5.75 Å². The van der Waals surface area contributed by atoms with Crippen LogP contribution in [-0.2, 0) is 6.54 Å². The predicted octanol–water partition coefficient (Wildman–Crippen LogP) is 3.74. The summed E-state index contributed by atoms with van der Waals surface area (Å²) in [5.41, 5.74) is 1.14. The van der Waals surface area contributed by atoms with Gasteiger partial charge in [-0.2, -0.15) is 0 Å². The van der Waals surface area contributed by atoms with Gasteiger partial charge < -0.3 is 15.3 Å². The number of halogens is 2. The number of hydrogen-bond acceptors (Lipinski definition) is 3. The average molecular weight is 394 g/mol. The maximum absolute atomic E-state index is 9.67. The summed E-state index contributed by atoms with van der Waals surface area (Å²) in [6, 6.07) is 4.32.